The molecule has 2 unspecified atom stereocenters. The van der Waals surface area contributed by atoms with E-state index >= 15 is 0 Å². The minimum Gasteiger partial charge on any atom is -0.491 e. The normalized spacial score (nSPS) is 20.9. The van der Waals surface area contributed by atoms with Crippen molar-refractivity contribution in [2.45, 2.75) is 69.7 Å². The molecule has 4 aromatic rings. The van der Waals surface area contributed by atoms with Crippen molar-refractivity contribution < 1.29 is 33.5 Å². The van der Waals surface area contributed by atoms with Gasteiger partial charge in [-0.05, 0) is 84.6 Å². The van der Waals surface area contributed by atoms with Crippen LogP contribution in [-0.2, 0) is 20.3 Å². The van der Waals surface area contributed by atoms with Crippen LogP contribution in [0.4, 0.5) is 0 Å². The smallest absolute Gasteiger partial charge is 0.123 e. The SMILES string of the molecule is CC1(COc2ccc(C(C)(C)c3ccc(OCC(O)COc4ccc(C(C)(C)c5ccc(OCC6(C)CO6)cc5)cc4)cc3)cc2)CO1. The van der Waals surface area contributed by atoms with Crippen molar-refractivity contribution in [3.63, 3.8) is 0 Å². The number of aliphatic hydroxyl groups is 1. The van der Waals surface area contributed by atoms with Crippen molar-refractivity contribution >= 4 is 0 Å². The maximum absolute atomic E-state index is 10.6. The quantitative estimate of drug-likeness (QED) is 0.126. The summed E-state index contributed by atoms with van der Waals surface area (Å²) < 4.78 is 34.3. The molecule has 254 valence electrons. The van der Waals surface area contributed by atoms with Crippen LogP contribution in [0.15, 0.2) is 97.1 Å². The van der Waals surface area contributed by atoms with E-state index in [4.69, 9.17) is 28.4 Å². The van der Waals surface area contributed by atoms with E-state index in [2.05, 4.69) is 90.1 Å². The number of rotatable bonds is 16. The molecule has 6 rings (SSSR count). The molecule has 0 aromatic heterocycles. The predicted octanol–water partition coefficient (Wildman–Crippen LogP) is 7.49. The topological polar surface area (TPSA) is 82.2 Å². The van der Waals surface area contributed by atoms with Crippen molar-refractivity contribution in [1.29, 1.82) is 0 Å². The number of aliphatic hydroxyl groups excluding tert-OH is 1. The van der Waals surface area contributed by atoms with Crippen LogP contribution in [0.5, 0.6) is 23.0 Å². The molecule has 48 heavy (non-hydrogen) atoms. The second kappa shape index (κ2) is 13.5. The van der Waals surface area contributed by atoms with E-state index in [0.29, 0.717) is 24.7 Å². The lowest BCUT2D eigenvalue weighted by Gasteiger charge is -2.27. The highest BCUT2D eigenvalue weighted by Crippen LogP contribution is 2.36. The number of hydrogen-bond donors (Lipinski definition) is 1. The van der Waals surface area contributed by atoms with Crippen LogP contribution < -0.4 is 18.9 Å². The van der Waals surface area contributed by atoms with Gasteiger partial charge < -0.3 is 33.5 Å². The first-order valence-electron chi connectivity index (χ1n) is 16.7. The fourth-order valence-corrected chi connectivity index (χ4v) is 5.52. The van der Waals surface area contributed by atoms with Gasteiger partial charge in [-0.2, -0.15) is 0 Å². The Bertz CT molecular complexity index is 1510. The molecule has 0 spiro atoms. The van der Waals surface area contributed by atoms with E-state index in [0.717, 1.165) is 35.8 Å². The van der Waals surface area contributed by atoms with E-state index in [1.165, 1.54) is 11.1 Å². The summed E-state index contributed by atoms with van der Waals surface area (Å²) in [6, 6.07) is 32.6. The van der Waals surface area contributed by atoms with Gasteiger partial charge in [-0.15, -0.1) is 0 Å². The summed E-state index contributed by atoms with van der Waals surface area (Å²) in [6.07, 6.45) is -0.776. The van der Waals surface area contributed by atoms with E-state index in [-0.39, 0.29) is 35.2 Å². The van der Waals surface area contributed by atoms with Gasteiger partial charge in [-0.1, -0.05) is 76.2 Å². The molecule has 2 aliphatic rings. The number of benzene rings is 4. The van der Waals surface area contributed by atoms with Gasteiger partial charge in [0.25, 0.3) is 0 Å². The lowest BCUT2D eigenvalue weighted by molar-refractivity contribution is 0.0626. The molecule has 2 aliphatic heterocycles. The van der Waals surface area contributed by atoms with E-state index in [1.54, 1.807) is 0 Å². The highest BCUT2D eigenvalue weighted by atomic mass is 16.6. The van der Waals surface area contributed by atoms with Gasteiger partial charge in [0.15, 0.2) is 0 Å². The molecule has 7 nitrogen and oxygen atoms in total. The molecule has 4 aromatic carbocycles. The van der Waals surface area contributed by atoms with Gasteiger partial charge in [-0.25, -0.2) is 0 Å². The van der Waals surface area contributed by atoms with E-state index in [1.807, 2.05) is 48.5 Å². The van der Waals surface area contributed by atoms with Crippen molar-refractivity contribution in [3.8, 4) is 23.0 Å². The molecule has 0 bridgehead atoms. The van der Waals surface area contributed by atoms with Gasteiger partial charge in [0, 0.05) is 10.8 Å². The summed E-state index contributed by atoms with van der Waals surface area (Å²) in [5.74, 6) is 3.09. The van der Waals surface area contributed by atoms with Gasteiger partial charge in [0.2, 0.25) is 0 Å². The third kappa shape index (κ3) is 8.32. The molecule has 2 fully saturated rings. The Morgan fingerprint density at radius 3 is 1.02 bits per heavy atom. The summed E-state index contributed by atoms with van der Waals surface area (Å²) in [5, 5.41) is 10.6. The van der Waals surface area contributed by atoms with Crippen LogP contribution >= 0.6 is 0 Å². The second-order valence-corrected chi connectivity index (χ2v) is 14.7. The fourth-order valence-electron chi connectivity index (χ4n) is 5.52. The Hall–Kier alpha value is -4.04. The van der Waals surface area contributed by atoms with Gasteiger partial charge in [-0.3, -0.25) is 0 Å². The molecule has 0 amide bonds. The Labute approximate surface area is 284 Å². The third-order valence-corrected chi connectivity index (χ3v) is 9.55. The van der Waals surface area contributed by atoms with Gasteiger partial charge in [0.1, 0.15) is 66.7 Å². The molecule has 1 N–H and O–H groups in total. The molecule has 0 radical (unpaired) electrons. The highest BCUT2D eigenvalue weighted by molar-refractivity contribution is 5.43. The fraction of sp³-hybridized carbons (Fsp3) is 0.415. The number of hydrogen-bond acceptors (Lipinski definition) is 7. The summed E-state index contributed by atoms with van der Waals surface area (Å²) in [5.41, 5.74) is 4.03. The van der Waals surface area contributed by atoms with Crippen LogP contribution in [0.1, 0.15) is 63.8 Å². The first kappa shape index (κ1) is 33.8. The first-order valence-corrected chi connectivity index (χ1v) is 16.7. The van der Waals surface area contributed by atoms with Crippen molar-refractivity contribution in [2.24, 2.45) is 0 Å². The molecule has 2 atom stereocenters. The van der Waals surface area contributed by atoms with Crippen molar-refractivity contribution in [1.82, 2.24) is 0 Å². The Morgan fingerprint density at radius 1 is 0.521 bits per heavy atom. The molecule has 7 heteroatoms. The summed E-state index contributed by atoms with van der Waals surface area (Å²) in [6.45, 7) is 15.8. The molecule has 0 aliphatic carbocycles. The van der Waals surface area contributed by atoms with Crippen LogP contribution in [0.3, 0.4) is 0 Å². The van der Waals surface area contributed by atoms with E-state index in [9.17, 15) is 5.11 Å². The average Bonchev–Trinajstić information content (AvgIpc) is 4.03. The maximum atomic E-state index is 10.6. The second-order valence-electron chi connectivity index (χ2n) is 14.7. The Balaban J connectivity index is 0.950. The number of epoxide rings is 2. The van der Waals surface area contributed by atoms with Crippen molar-refractivity contribution in [2.75, 3.05) is 39.6 Å². The van der Waals surface area contributed by atoms with E-state index < -0.39 is 6.10 Å². The zero-order valence-corrected chi connectivity index (χ0v) is 29.0. The lowest BCUT2D eigenvalue weighted by Crippen LogP contribution is -2.25. The largest absolute Gasteiger partial charge is 0.491 e. The minimum atomic E-state index is -0.776. The third-order valence-electron chi connectivity index (χ3n) is 9.55. The summed E-state index contributed by atoms with van der Waals surface area (Å²) in [4.78, 5) is 0. The summed E-state index contributed by atoms with van der Waals surface area (Å²) in [7, 11) is 0. The van der Waals surface area contributed by atoms with Crippen LogP contribution in [0.25, 0.3) is 0 Å². The monoisotopic (exact) mass is 652 g/mol. The van der Waals surface area contributed by atoms with Crippen LogP contribution in [0.2, 0.25) is 0 Å². The first-order chi connectivity index (χ1) is 22.8. The van der Waals surface area contributed by atoms with Gasteiger partial charge >= 0.3 is 0 Å². The zero-order valence-electron chi connectivity index (χ0n) is 29.0. The van der Waals surface area contributed by atoms with Crippen LogP contribution in [0, 0.1) is 0 Å². The molecular formula is C41H48O7. The van der Waals surface area contributed by atoms with Crippen LogP contribution in [-0.4, -0.2) is 62.1 Å². The molecule has 0 saturated carbocycles. The Kier molecular flexibility index (Phi) is 9.49. The highest BCUT2D eigenvalue weighted by Gasteiger charge is 2.41. The van der Waals surface area contributed by atoms with Crippen molar-refractivity contribution in [3.05, 3.63) is 119 Å². The van der Waals surface area contributed by atoms with Gasteiger partial charge in [0.05, 0.1) is 13.2 Å². The minimum absolute atomic E-state index is 0.130. The Morgan fingerprint density at radius 2 is 0.771 bits per heavy atom. The predicted molar refractivity (Wildman–Crippen MR) is 187 cm³/mol. The lowest BCUT2D eigenvalue weighted by atomic mass is 9.78. The summed E-state index contributed by atoms with van der Waals surface area (Å²) >= 11 is 0. The maximum Gasteiger partial charge on any atom is 0.123 e. The standard InChI is InChI=1S/C41H48O7/c1-38(2,31-11-19-36(20-12-31)45-25-40(5)27-47-40)29-7-15-34(16-8-29)43-23-33(42)24-44-35-17-9-30(10-18-35)39(3,4)32-13-21-37(22-14-32)46-26-41(6)28-48-41/h7-22,33,42H,23-28H2,1-6H3. The molecule has 2 heterocycles. The molecular weight excluding hydrogens is 604 g/mol. The molecule has 2 saturated heterocycles. The number of ether oxygens (including phenoxy) is 6. The zero-order chi connectivity index (χ0) is 34.0. The average molecular weight is 653 g/mol.